The molecule has 1 aromatic carbocycles. The smallest absolute Gasteiger partial charge is 0.247 e. The van der Waals surface area contributed by atoms with Gasteiger partial charge in [-0.15, -0.1) is 11.3 Å². The topological polar surface area (TPSA) is 103 Å². The first-order chi connectivity index (χ1) is 12.9. The highest BCUT2D eigenvalue weighted by Crippen LogP contribution is 2.31. The van der Waals surface area contributed by atoms with Crippen LogP contribution in [-0.4, -0.2) is 31.2 Å². The SMILES string of the molecule is NS(=O)(=O)c1ccc(-c2ccc(OC[C@@H](O)CCc3cccnc3)cc2)s1. The molecule has 0 fully saturated rings. The van der Waals surface area contributed by atoms with Gasteiger partial charge in [0.2, 0.25) is 10.0 Å². The van der Waals surface area contributed by atoms with Crippen LogP contribution in [0.25, 0.3) is 10.4 Å². The van der Waals surface area contributed by atoms with E-state index >= 15 is 0 Å². The molecule has 0 spiro atoms. The van der Waals surface area contributed by atoms with Crippen LogP contribution >= 0.6 is 11.3 Å². The van der Waals surface area contributed by atoms with Crippen molar-refractivity contribution >= 4 is 21.4 Å². The standard InChI is InChI=1S/C19H20N2O4S2/c20-27(23,24)19-10-9-18(26-19)15-4-7-17(8-5-15)25-13-16(22)6-3-14-2-1-11-21-12-14/h1-2,4-5,7-12,16,22H,3,6,13H2,(H2,20,23,24)/t16-/m0/s1. The van der Waals surface area contributed by atoms with Gasteiger partial charge in [0.25, 0.3) is 0 Å². The number of pyridine rings is 1. The van der Waals surface area contributed by atoms with Gasteiger partial charge >= 0.3 is 0 Å². The van der Waals surface area contributed by atoms with Gasteiger partial charge in [0.1, 0.15) is 16.6 Å². The summed E-state index contributed by atoms with van der Waals surface area (Å²) in [6, 6.07) is 14.3. The van der Waals surface area contributed by atoms with Crippen molar-refractivity contribution < 1.29 is 18.3 Å². The van der Waals surface area contributed by atoms with Crippen molar-refractivity contribution in [3.63, 3.8) is 0 Å². The van der Waals surface area contributed by atoms with E-state index in [1.807, 2.05) is 24.3 Å². The minimum absolute atomic E-state index is 0.134. The van der Waals surface area contributed by atoms with E-state index in [0.717, 1.165) is 33.8 Å². The monoisotopic (exact) mass is 404 g/mol. The first-order valence-corrected chi connectivity index (χ1v) is 10.7. The minimum atomic E-state index is -3.68. The second kappa shape index (κ2) is 8.62. The molecule has 0 amide bonds. The summed E-state index contributed by atoms with van der Waals surface area (Å²) < 4.78 is 28.5. The Labute approximate surface area is 162 Å². The van der Waals surface area contributed by atoms with E-state index in [1.54, 1.807) is 30.6 Å². The molecule has 2 aromatic heterocycles. The Kier molecular flexibility index (Phi) is 6.22. The van der Waals surface area contributed by atoms with Gasteiger partial charge in [-0.3, -0.25) is 4.98 Å². The molecular formula is C19H20N2O4S2. The molecule has 0 unspecified atom stereocenters. The summed E-state index contributed by atoms with van der Waals surface area (Å²) in [6.45, 7) is 0.203. The van der Waals surface area contributed by atoms with Gasteiger partial charge in [-0.2, -0.15) is 0 Å². The van der Waals surface area contributed by atoms with Crippen LogP contribution in [-0.2, 0) is 16.4 Å². The third-order valence-electron chi connectivity index (χ3n) is 3.93. The largest absolute Gasteiger partial charge is 0.491 e. The fourth-order valence-corrected chi connectivity index (χ4v) is 4.23. The van der Waals surface area contributed by atoms with Crippen LogP contribution in [0.5, 0.6) is 5.75 Å². The third kappa shape index (κ3) is 5.61. The number of thiophene rings is 1. The normalized spacial score (nSPS) is 12.7. The van der Waals surface area contributed by atoms with Crippen molar-refractivity contribution in [2.75, 3.05) is 6.61 Å². The summed E-state index contributed by atoms with van der Waals surface area (Å²) in [6.07, 6.45) is 4.27. The number of aryl methyl sites for hydroxylation is 1. The highest BCUT2D eigenvalue weighted by atomic mass is 32.2. The molecule has 3 N–H and O–H groups in total. The first kappa shape index (κ1) is 19.5. The van der Waals surface area contributed by atoms with Crippen LogP contribution in [0.4, 0.5) is 0 Å². The number of ether oxygens (including phenoxy) is 1. The Morgan fingerprint density at radius 3 is 2.56 bits per heavy atom. The van der Waals surface area contributed by atoms with Gasteiger partial charge in [0.05, 0.1) is 6.10 Å². The Balaban J connectivity index is 1.52. The van der Waals surface area contributed by atoms with Crippen molar-refractivity contribution in [2.24, 2.45) is 5.14 Å². The number of benzene rings is 1. The molecule has 8 heteroatoms. The molecule has 0 radical (unpaired) electrons. The molecule has 0 aliphatic heterocycles. The fraction of sp³-hybridized carbons (Fsp3) is 0.211. The number of rotatable bonds is 8. The molecule has 0 aliphatic carbocycles. The molecule has 142 valence electrons. The van der Waals surface area contributed by atoms with Gasteiger partial charge in [-0.1, -0.05) is 6.07 Å². The zero-order chi connectivity index (χ0) is 19.3. The van der Waals surface area contributed by atoms with E-state index < -0.39 is 16.1 Å². The van der Waals surface area contributed by atoms with Crippen LogP contribution in [0.1, 0.15) is 12.0 Å². The number of nitrogens with two attached hydrogens (primary N) is 1. The van der Waals surface area contributed by atoms with Gasteiger partial charge in [-0.25, -0.2) is 13.6 Å². The molecular weight excluding hydrogens is 384 g/mol. The molecule has 2 heterocycles. The van der Waals surface area contributed by atoms with E-state index in [-0.39, 0.29) is 10.8 Å². The zero-order valence-electron chi connectivity index (χ0n) is 14.5. The summed E-state index contributed by atoms with van der Waals surface area (Å²) >= 11 is 1.12. The van der Waals surface area contributed by atoms with Crippen LogP contribution in [0.15, 0.2) is 65.1 Å². The number of aliphatic hydroxyl groups excluding tert-OH is 1. The van der Waals surface area contributed by atoms with Gasteiger partial charge in [-0.05, 0) is 66.4 Å². The Morgan fingerprint density at radius 2 is 1.93 bits per heavy atom. The summed E-state index contributed by atoms with van der Waals surface area (Å²) in [5, 5.41) is 15.2. The van der Waals surface area contributed by atoms with Crippen molar-refractivity contribution in [3.8, 4) is 16.2 Å². The maximum atomic E-state index is 11.4. The van der Waals surface area contributed by atoms with Crippen LogP contribution < -0.4 is 9.88 Å². The lowest BCUT2D eigenvalue weighted by molar-refractivity contribution is 0.100. The summed E-state index contributed by atoms with van der Waals surface area (Å²) in [7, 11) is -3.68. The van der Waals surface area contributed by atoms with Gasteiger partial charge in [0.15, 0.2) is 0 Å². The molecule has 0 bridgehead atoms. The van der Waals surface area contributed by atoms with Gasteiger partial charge in [0, 0.05) is 17.3 Å². The minimum Gasteiger partial charge on any atom is -0.491 e. The second-order valence-corrected chi connectivity index (χ2v) is 8.92. The summed E-state index contributed by atoms with van der Waals surface area (Å²) in [4.78, 5) is 4.86. The lowest BCUT2D eigenvalue weighted by Crippen LogP contribution is -2.18. The second-order valence-electron chi connectivity index (χ2n) is 6.05. The molecule has 27 heavy (non-hydrogen) atoms. The Hall–Kier alpha value is -2.26. The average Bonchev–Trinajstić information content (AvgIpc) is 3.17. The number of aliphatic hydroxyl groups is 1. The maximum Gasteiger partial charge on any atom is 0.247 e. The van der Waals surface area contributed by atoms with Crippen molar-refractivity contribution in [3.05, 3.63) is 66.5 Å². The van der Waals surface area contributed by atoms with E-state index in [2.05, 4.69) is 4.98 Å². The molecule has 1 atom stereocenters. The Bertz CT molecular complexity index is 970. The highest BCUT2D eigenvalue weighted by Gasteiger charge is 2.12. The highest BCUT2D eigenvalue weighted by molar-refractivity contribution is 7.91. The summed E-state index contributed by atoms with van der Waals surface area (Å²) in [5.74, 6) is 0.641. The molecule has 6 nitrogen and oxygen atoms in total. The molecule has 3 rings (SSSR count). The van der Waals surface area contributed by atoms with E-state index in [1.165, 1.54) is 6.07 Å². The Morgan fingerprint density at radius 1 is 1.15 bits per heavy atom. The number of aromatic nitrogens is 1. The molecule has 0 saturated carbocycles. The predicted molar refractivity (Wildman–Crippen MR) is 105 cm³/mol. The number of hydrogen-bond acceptors (Lipinski definition) is 6. The van der Waals surface area contributed by atoms with E-state index in [9.17, 15) is 13.5 Å². The average molecular weight is 405 g/mol. The number of sulfonamides is 1. The quantitative estimate of drug-likeness (QED) is 0.601. The molecule has 3 aromatic rings. The predicted octanol–water partition coefficient (Wildman–Crippen LogP) is 2.83. The fourth-order valence-electron chi connectivity index (χ4n) is 2.50. The number of nitrogens with zero attached hydrogens (tertiary/aromatic N) is 1. The summed E-state index contributed by atoms with van der Waals surface area (Å²) in [5.41, 5.74) is 1.95. The number of hydrogen-bond donors (Lipinski definition) is 2. The first-order valence-electron chi connectivity index (χ1n) is 8.34. The van der Waals surface area contributed by atoms with Crippen LogP contribution in [0.3, 0.4) is 0 Å². The lowest BCUT2D eigenvalue weighted by atomic mass is 10.1. The van der Waals surface area contributed by atoms with Crippen LogP contribution in [0, 0.1) is 0 Å². The van der Waals surface area contributed by atoms with Crippen molar-refractivity contribution in [1.82, 2.24) is 4.98 Å². The van der Waals surface area contributed by atoms with E-state index in [4.69, 9.17) is 9.88 Å². The maximum absolute atomic E-state index is 11.4. The van der Waals surface area contributed by atoms with Crippen molar-refractivity contribution in [1.29, 1.82) is 0 Å². The van der Waals surface area contributed by atoms with Crippen LogP contribution in [0.2, 0.25) is 0 Å². The van der Waals surface area contributed by atoms with E-state index in [0.29, 0.717) is 12.2 Å². The van der Waals surface area contributed by atoms with Crippen molar-refractivity contribution in [2.45, 2.75) is 23.2 Å². The zero-order valence-corrected chi connectivity index (χ0v) is 16.1. The number of primary sulfonamides is 1. The molecule has 0 aliphatic rings. The third-order valence-corrected chi connectivity index (χ3v) is 6.50. The molecule has 0 saturated heterocycles. The van der Waals surface area contributed by atoms with Gasteiger partial charge < -0.3 is 9.84 Å². The lowest BCUT2D eigenvalue weighted by Gasteiger charge is -2.12.